The Morgan fingerprint density at radius 2 is 2.30 bits per heavy atom. The molecule has 0 aliphatic heterocycles. The maximum absolute atomic E-state index is 14.0. The Kier molecular flexibility index (Phi) is 6.13. The second kappa shape index (κ2) is 8.09. The lowest BCUT2D eigenvalue weighted by molar-refractivity contribution is 0.202. The first-order valence-corrected chi connectivity index (χ1v) is 8.23. The van der Waals surface area contributed by atoms with E-state index in [0.29, 0.717) is 12.5 Å². The minimum absolute atomic E-state index is 0.257. The van der Waals surface area contributed by atoms with Gasteiger partial charge in [-0.05, 0) is 57.1 Å². The van der Waals surface area contributed by atoms with Gasteiger partial charge in [-0.3, -0.25) is 0 Å². The third-order valence-corrected chi connectivity index (χ3v) is 4.29. The van der Waals surface area contributed by atoms with Crippen LogP contribution in [-0.4, -0.2) is 21.6 Å². The number of allylic oxidation sites excluding steroid dienone is 4. The Morgan fingerprint density at radius 3 is 2.83 bits per heavy atom. The molecule has 0 bridgehead atoms. The summed E-state index contributed by atoms with van der Waals surface area (Å²) in [7, 11) is 0. The summed E-state index contributed by atoms with van der Waals surface area (Å²) >= 11 is 0. The zero-order chi connectivity index (χ0) is 16.8. The molecule has 0 amide bonds. The van der Waals surface area contributed by atoms with Crippen molar-refractivity contribution >= 4 is 0 Å². The van der Waals surface area contributed by atoms with Crippen LogP contribution in [0.25, 0.3) is 0 Å². The molecule has 0 aromatic carbocycles. The van der Waals surface area contributed by atoms with E-state index in [9.17, 15) is 4.39 Å². The number of hydrogen-bond acceptors (Lipinski definition) is 3. The molecule has 1 aliphatic carbocycles. The van der Waals surface area contributed by atoms with Crippen molar-refractivity contribution in [2.75, 3.05) is 6.61 Å². The van der Waals surface area contributed by atoms with Gasteiger partial charge in [-0.25, -0.2) is 9.07 Å². The molecule has 4 nitrogen and oxygen atoms in total. The maximum Gasteiger partial charge on any atom is 0.164 e. The van der Waals surface area contributed by atoms with Crippen LogP contribution in [0.5, 0.6) is 0 Å². The average molecular weight is 319 g/mol. The van der Waals surface area contributed by atoms with Crippen LogP contribution in [0.1, 0.15) is 38.8 Å². The number of aryl methyl sites for hydroxylation is 1. The van der Waals surface area contributed by atoms with Gasteiger partial charge in [0, 0.05) is 6.54 Å². The van der Waals surface area contributed by atoms with Crippen molar-refractivity contribution in [3.63, 3.8) is 0 Å². The van der Waals surface area contributed by atoms with Gasteiger partial charge in [0.25, 0.3) is 0 Å². The van der Waals surface area contributed by atoms with Crippen LogP contribution >= 0.6 is 0 Å². The van der Waals surface area contributed by atoms with Gasteiger partial charge in [0.15, 0.2) is 11.6 Å². The third kappa shape index (κ3) is 5.05. The molecule has 0 spiro atoms. The molecule has 0 saturated heterocycles. The zero-order valence-electron chi connectivity index (χ0n) is 14.3. The van der Waals surface area contributed by atoms with Crippen molar-refractivity contribution in [3.8, 4) is 0 Å². The van der Waals surface area contributed by atoms with Crippen molar-refractivity contribution in [2.24, 2.45) is 11.8 Å². The molecule has 0 N–H and O–H groups in total. The standard InChI is InChI=1S/C18H26FN3O/c1-5-16(11-22-14(4)10-20-21-22)13(3)9-18(17(19)6-2)23-12-15-7-8-15/h6,9-10,15-16H,2,5,7-8,11-12H2,1,3-4H3. The van der Waals surface area contributed by atoms with E-state index in [1.807, 2.05) is 18.5 Å². The van der Waals surface area contributed by atoms with Crippen LogP contribution in [0, 0.1) is 18.8 Å². The second-order valence-corrected chi connectivity index (χ2v) is 6.22. The lowest BCUT2D eigenvalue weighted by atomic mass is 9.96. The summed E-state index contributed by atoms with van der Waals surface area (Å²) in [5, 5.41) is 8.00. The van der Waals surface area contributed by atoms with Gasteiger partial charge in [-0.15, -0.1) is 5.10 Å². The monoisotopic (exact) mass is 319 g/mol. The summed E-state index contributed by atoms with van der Waals surface area (Å²) in [6.45, 7) is 10.9. The normalized spacial score (nSPS) is 17.7. The van der Waals surface area contributed by atoms with E-state index in [4.69, 9.17) is 4.74 Å². The van der Waals surface area contributed by atoms with Crippen LogP contribution in [0.4, 0.5) is 4.39 Å². The number of aromatic nitrogens is 3. The summed E-state index contributed by atoms with van der Waals surface area (Å²) in [6, 6.07) is 0. The summed E-state index contributed by atoms with van der Waals surface area (Å²) in [5.41, 5.74) is 2.10. The summed E-state index contributed by atoms with van der Waals surface area (Å²) in [4.78, 5) is 0. The molecule has 1 aromatic rings. The van der Waals surface area contributed by atoms with Crippen LogP contribution in [0.3, 0.4) is 0 Å². The van der Waals surface area contributed by atoms with Gasteiger partial charge in [-0.2, -0.15) is 0 Å². The predicted octanol–water partition coefficient (Wildman–Crippen LogP) is 4.35. The van der Waals surface area contributed by atoms with Crippen LogP contribution < -0.4 is 0 Å². The molecule has 1 unspecified atom stereocenters. The largest absolute Gasteiger partial charge is 0.490 e. The fourth-order valence-corrected chi connectivity index (χ4v) is 2.39. The van der Waals surface area contributed by atoms with Crippen molar-refractivity contribution in [3.05, 3.63) is 47.8 Å². The Morgan fingerprint density at radius 1 is 1.57 bits per heavy atom. The quantitative estimate of drug-likeness (QED) is 0.502. The van der Waals surface area contributed by atoms with Gasteiger partial charge in [-0.1, -0.05) is 24.3 Å². The molecule has 1 saturated carbocycles. The second-order valence-electron chi connectivity index (χ2n) is 6.22. The average Bonchev–Trinajstić information content (AvgIpc) is 3.29. The van der Waals surface area contributed by atoms with E-state index in [0.717, 1.165) is 24.2 Å². The Bertz CT molecular complexity index is 599. The van der Waals surface area contributed by atoms with Crippen molar-refractivity contribution in [1.29, 1.82) is 0 Å². The molecule has 1 aromatic heterocycles. The fraction of sp³-hybridized carbons (Fsp3) is 0.556. The molecular formula is C18H26FN3O. The molecular weight excluding hydrogens is 293 g/mol. The Labute approximate surface area is 137 Å². The Balaban J connectivity index is 2.11. The van der Waals surface area contributed by atoms with Gasteiger partial charge in [0.1, 0.15) is 0 Å². The molecule has 5 heteroatoms. The molecule has 2 rings (SSSR count). The molecule has 0 radical (unpaired) electrons. The van der Waals surface area contributed by atoms with Gasteiger partial charge >= 0.3 is 0 Å². The van der Waals surface area contributed by atoms with E-state index < -0.39 is 5.83 Å². The highest BCUT2D eigenvalue weighted by molar-refractivity contribution is 5.26. The molecule has 23 heavy (non-hydrogen) atoms. The predicted molar refractivity (Wildman–Crippen MR) is 89.3 cm³/mol. The van der Waals surface area contributed by atoms with Crippen molar-refractivity contribution in [1.82, 2.24) is 15.0 Å². The van der Waals surface area contributed by atoms with Gasteiger partial charge in [0.05, 0.1) is 18.5 Å². The van der Waals surface area contributed by atoms with Gasteiger partial charge in [0.2, 0.25) is 0 Å². The van der Waals surface area contributed by atoms with E-state index in [1.54, 1.807) is 12.3 Å². The lowest BCUT2D eigenvalue weighted by Gasteiger charge is -2.17. The smallest absolute Gasteiger partial charge is 0.164 e. The minimum Gasteiger partial charge on any atom is -0.490 e. The molecule has 1 atom stereocenters. The van der Waals surface area contributed by atoms with E-state index >= 15 is 0 Å². The number of ether oxygens (including phenoxy) is 1. The first kappa shape index (κ1) is 17.4. The summed E-state index contributed by atoms with van der Waals surface area (Å²) in [6.07, 6.45) is 8.04. The molecule has 1 aliphatic rings. The lowest BCUT2D eigenvalue weighted by Crippen LogP contribution is -2.14. The molecule has 1 fully saturated rings. The fourth-order valence-electron chi connectivity index (χ4n) is 2.39. The van der Waals surface area contributed by atoms with Crippen molar-refractivity contribution < 1.29 is 9.13 Å². The number of hydrogen-bond donors (Lipinski definition) is 0. The molecule has 126 valence electrons. The topological polar surface area (TPSA) is 39.9 Å². The van der Waals surface area contributed by atoms with Crippen LogP contribution in [0.15, 0.2) is 42.1 Å². The first-order chi connectivity index (χ1) is 11.0. The number of halogens is 1. The van der Waals surface area contributed by atoms with E-state index in [-0.39, 0.29) is 11.7 Å². The van der Waals surface area contributed by atoms with E-state index in [1.165, 1.54) is 18.9 Å². The van der Waals surface area contributed by atoms with Crippen molar-refractivity contribution in [2.45, 2.75) is 46.6 Å². The maximum atomic E-state index is 14.0. The highest BCUT2D eigenvalue weighted by Crippen LogP contribution is 2.30. The zero-order valence-corrected chi connectivity index (χ0v) is 14.3. The highest BCUT2D eigenvalue weighted by Gasteiger charge is 2.23. The molecule has 1 heterocycles. The SMILES string of the molecule is C=CC(F)=C(C=C(C)C(CC)Cn1nncc1C)OCC1CC1. The van der Waals surface area contributed by atoms with E-state index in [2.05, 4.69) is 23.8 Å². The Hall–Kier alpha value is -1.91. The minimum atomic E-state index is -0.406. The number of rotatable bonds is 9. The van der Waals surface area contributed by atoms with Crippen LogP contribution in [0.2, 0.25) is 0 Å². The first-order valence-electron chi connectivity index (χ1n) is 8.23. The number of nitrogens with zero attached hydrogens (tertiary/aromatic N) is 3. The van der Waals surface area contributed by atoms with Crippen LogP contribution in [-0.2, 0) is 11.3 Å². The summed E-state index contributed by atoms with van der Waals surface area (Å²) < 4.78 is 21.5. The highest BCUT2D eigenvalue weighted by atomic mass is 19.1. The van der Waals surface area contributed by atoms with Gasteiger partial charge < -0.3 is 4.74 Å². The summed E-state index contributed by atoms with van der Waals surface area (Å²) in [5.74, 6) is 0.721. The third-order valence-electron chi connectivity index (χ3n) is 4.29.